The fourth-order valence-corrected chi connectivity index (χ4v) is 10.1. The van der Waals surface area contributed by atoms with Gasteiger partial charge in [0, 0.05) is 65.1 Å². The quantitative estimate of drug-likeness (QED) is 0.0726. The number of carboxylic acids is 2. The maximum absolute atomic E-state index is 12.9. The summed E-state index contributed by atoms with van der Waals surface area (Å²) in [5.74, 6) is -0.513. The van der Waals surface area contributed by atoms with Crippen LogP contribution in [-0.4, -0.2) is 61.4 Å². The van der Waals surface area contributed by atoms with Crippen LogP contribution in [0, 0.1) is 0 Å². The largest absolute Gasteiger partial charge is 0.480 e. The topological polar surface area (TPSA) is 126 Å². The van der Waals surface area contributed by atoms with Crippen molar-refractivity contribution in [2.75, 3.05) is 30.4 Å². The zero-order valence-corrected chi connectivity index (χ0v) is 48.9. The van der Waals surface area contributed by atoms with E-state index in [2.05, 4.69) is 5.32 Å². The third kappa shape index (κ3) is 16.9. The van der Waals surface area contributed by atoms with Gasteiger partial charge in [-0.1, -0.05) is 156 Å². The molecule has 0 spiro atoms. The number of nitrogens with zero attached hydrogens (tertiary/aromatic N) is 5. The number of aromatic nitrogens is 4. The van der Waals surface area contributed by atoms with E-state index in [-0.39, 0.29) is 13.1 Å². The number of rotatable bonds is 18. The van der Waals surface area contributed by atoms with E-state index in [9.17, 15) is 35.9 Å². The van der Waals surface area contributed by atoms with Gasteiger partial charge in [0.25, 0.3) is 0 Å². The second-order valence-electron chi connectivity index (χ2n) is 19.9. The van der Waals surface area contributed by atoms with Gasteiger partial charge >= 0.3 is 24.3 Å². The Balaban J connectivity index is 0.000000208. The number of halogens is 10. The van der Waals surface area contributed by atoms with E-state index in [0.29, 0.717) is 73.0 Å². The number of anilines is 2. The smallest absolute Gasteiger partial charge is 0.416 e. The molecule has 0 radical (unpaired) electrons. The summed E-state index contributed by atoms with van der Waals surface area (Å²) < 4.78 is 81.4. The van der Waals surface area contributed by atoms with E-state index < -0.39 is 35.4 Å². The van der Waals surface area contributed by atoms with E-state index >= 15 is 0 Å². The van der Waals surface area contributed by atoms with Crippen molar-refractivity contribution in [2.45, 2.75) is 25.4 Å². The van der Waals surface area contributed by atoms with E-state index in [1.54, 1.807) is 36.2 Å². The second-order valence-corrected chi connectivity index (χ2v) is 21.6. The molecule has 10 aromatic rings. The molecule has 3 N–H and O–H groups in total. The van der Waals surface area contributed by atoms with Crippen molar-refractivity contribution in [2.24, 2.45) is 0 Å². The first-order valence-electron chi connectivity index (χ1n) is 26.5. The highest BCUT2D eigenvalue weighted by Gasteiger charge is 2.31. The predicted octanol–water partition coefficient (Wildman–Crippen LogP) is 18.5. The summed E-state index contributed by atoms with van der Waals surface area (Å²) in [7, 11) is 1.72. The van der Waals surface area contributed by atoms with Crippen LogP contribution >= 0.6 is 46.4 Å². The van der Waals surface area contributed by atoms with Crippen molar-refractivity contribution >= 4 is 94.0 Å². The van der Waals surface area contributed by atoms with Crippen molar-refractivity contribution in [3.8, 4) is 44.8 Å². The molecular weight excluding hydrogens is 1210 g/mol. The Hall–Kier alpha value is -9.06. The zero-order valence-electron chi connectivity index (χ0n) is 45.8. The van der Waals surface area contributed by atoms with Crippen LogP contribution in [0.15, 0.2) is 194 Å². The molecule has 10 nitrogen and oxygen atoms in total. The number of likely N-dealkylation sites (N-methyl/N-ethyl adjacent to an activating group) is 1. The molecule has 10 rings (SSSR count). The number of hydrogen-bond donors (Lipinski definition) is 3. The molecule has 0 saturated heterocycles. The average Bonchev–Trinajstić information content (AvgIpc) is 3.50. The van der Waals surface area contributed by atoms with Gasteiger partial charge in [0.1, 0.15) is 24.7 Å². The number of carboxylic acid groups (broad SMARTS) is 2. The molecule has 0 aliphatic rings. The number of benzene rings is 8. The van der Waals surface area contributed by atoms with Crippen molar-refractivity contribution in [1.29, 1.82) is 0 Å². The first-order valence-corrected chi connectivity index (χ1v) is 28.1. The number of carbonyl (C=O) groups is 2. The Morgan fingerprint density at radius 3 is 1.24 bits per heavy atom. The van der Waals surface area contributed by atoms with E-state index in [0.717, 1.165) is 74.5 Å². The minimum Gasteiger partial charge on any atom is -0.480 e. The molecule has 87 heavy (non-hydrogen) atoms. The SMILES string of the molecule is CN(CC(=O)O)c1ccc(Cn2cc(-c3ccc(Cl)cc3Cl)nc2/C=C/c2ccc(-c3ccc(C(F)(F)F)cc3)cc2)cc1.O=C(O)CNc1ccc(Cn2cc(-c3ccc(Cl)cc3Cl)nc2/C=C/c2ccc(-c3ccc(C(F)(F)F)cc3)cc2)cc1. The van der Waals surface area contributed by atoms with Gasteiger partial charge in [-0.15, -0.1) is 0 Å². The maximum Gasteiger partial charge on any atom is 0.416 e. The van der Waals surface area contributed by atoms with Gasteiger partial charge in [0.05, 0.1) is 32.6 Å². The molecular formula is C67H50Cl4F6N6O4. The summed E-state index contributed by atoms with van der Waals surface area (Å²) in [5, 5.41) is 22.8. The highest BCUT2D eigenvalue weighted by molar-refractivity contribution is 6.37. The lowest BCUT2D eigenvalue weighted by atomic mass is 10.0. The highest BCUT2D eigenvalue weighted by Crippen LogP contribution is 2.35. The van der Waals surface area contributed by atoms with Gasteiger partial charge in [0.15, 0.2) is 0 Å². The fourth-order valence-electron chi connectivity index (χ4n) is 9.10. The molecule has 0 unspecified atom stereocenters. The normalized spacial score (nSPS) is 11.7. The Morgan fingerprint density at radius 2 is 0.885 bits per heavy atom. The summed E-state index contributed by atoms with van der Waals surface area (Å²) >= 11 is 25.1. The Kier molecular flexibility index (Phi) is 19.8. The van der Waals surface area contributed by atoms with Gasteiger partial charge < -0.3 is 29.6 Å². The third-order valence-electron chi connectivity index (χ3n) is 13.6. The summed E-state index contributed by atoms with van der Waals surface area (Å²) in [5.41, 5.74) is 9.61. The highest BCUT2D eigenvalue weighted by atomic mass is 35.5. The summed E-state index contributed by atoms with van der Waals surface area (Å²) in [6.07, 6.45) is 2.64. The first kappa shape index (κ1) is 62.5. The lowest BCUT2D eigenvalue weighted by Crippen LogP contribution is -2.24. The van der Waals surface area contributed by atoms with E-state index in [1.165, 1.54) is 24.3 Å². The average molecular weight is 1260 g/mol. The minimum absolute atomic E-state index is 0.105. The molecule has 2 aromatic heterocycles. The first-order chi connectivity index (χ1) is 41.5. The number of nitrogens with one attached hydrogen (secondary N) is 1. The Bertz CT molecular complexity index is 4090. The molecule has 0 saturated carbocycles. The predicted molar refractivity (Wildman–Crippen MR) is 335 cm³/mol. The second kappa shape index (κ2) is 27.5. The lowest BCUT2D eigenvalue weighted by molar-refractivity contribution is -0.138. The van der Waals surface area contributed by atoms with Crippen molar-refractivity contribution < 1.29 is 46.1 Å². The number of imidazole rings is 2. The Morgan fingerprint density at radius 1 is 0.506 bits per heavy atom. The molecule has 0 amide bonds. The van der Waals surface area contributed by atoms with Crippen LogP contribution in [0.25, 0.3) is 69.1 Å². The summed E-state index contributed by atoms with van der Waals surface area (Å²) in [4.78, 5) is 33.2. The van der Waals surface area contributed by atoms with Crippen molar-refractivity contribution in [3.05, 3.63) is 260 Å². The molecule has 442 valence electrons. The molecule has 8 aromatic carbocycles. The van der Waals surface area contributed by atoms with Gasteiger partial charge in [-0.3, -0.25) is 9.59 Å². The molecule has 0 bridgehead atoms. The van der Waals surface area contributed by atoms with E-state index in [1.807, 2.05) is 155 Å². The van der Waals surface area contributed by atoms with Crippen LogP contribution in [0.5, 0.6) is 0 Å². The summed E-state index contributed by atoms with van der Waals surface area (Å²) in [6, 6.07) is 50.7. The lowest BCUT2D eigenvalue weighted by Gasteiger charge is -2.17. The molecule has 0 aliphatic heterocycles. The maximum atomic E-state index is 12.9. The van der Waals surface area contributed by atoms with Gasteiger partial charge in [-0.25, -0.2) is 9.97 Å². The molecule has 0 fully saturated rings. The van der Waals surface area contributed by atoms with Crippen LogP contribution in [-0.2, 0) is 35.0 Å². The van der Waals surface area contributed by atoms with E-state index in [4.69, 9.17) is 66.6 Å². The van der Waals surface area contributed by atoms with Gasteiger partial charge in [0.2, 0.25) is 0 Å². The monoisotopic (exact) mass is 1260 g/mol. The molecule has 0 atom stereocenters. The molecule has 20 heteroatoms. The number of aliphatic carboxylic acids is 2. The Labute approximate surface area is 516 Å². The van der Waals surface area contributed by atoms with Crippen LogP contribution in [0.3, 0.4) is 0 Å². The van der Waals surface area contributed by atoms with Crippen LogP contribution < -0.4 is 10.2 Å². The third-order valence-corrected chi connectivity index (χ3v) is 14.7. The van der Waals surface area contributed by atoms with Crippen LogP contribution in [0.1, 0.15) is 45.0 Å². The molecule has 2 heterocycles. The van der Waals surface area contributed by atoms with Crippen molar-refractivity contribution in [3.63, 3.8) is 0 Å². The number of alkyl halides is 6. The zero-order chi connectivity index (χ0) is 62.0. The van der Waals surface area contributed by atoms with Crippen LogP contribution in [0.4, 0.5) is 37.7 Å². The van der Waals surface area contributed by atoms with Crippen molar-refractivity contribution in [1.82, 2.24) is 19.1 Å². The van der Waals surface area contributed by atoms with Gasteiger partial charge in [-0.05, 0) is 142 Å². The molecule has 0 aliphatic carbocycles. The number of hydrogen-bond acceptors (Lipinski definition) is 6. The fraction of sp³-hybridized carbons (Fsp3) is 0.104. The van der Waals surface area contributed by atoms with Gasteiger partial charge in [-0.2, -0.15) is 26.3 Å². The summed E-state index contributed by atoms with van der Waals surface area (Å²) in [6.45, 7) is 0.705. The van der Waals surface area contributed by atoms with Crippen LogP contribution in [0.2, 0.25) is 20.1 Å². The standard InChI is InChI=1S/C34H26Cl2F3N3O2.C33H24Cl2F3N3O2/c1-41(21-33(43)44)28-14-4-23(5-15-28)19-42-20-31(29-16-13-27(35)18-30(29)36)40-32(42)17-6-22-2-7-24(8-3-22)25-9-11-26(12-10-25)34(37,38)39;34-26-12-15-28(29(35)17-26)30-20-41(19-22-3-13-27(14-4-22)39-18-32(42)43)31(40-30)16-5-21-1-6-23(7-2-21)24-8-10-25(11-9-24)33(36,37)38/h2-18,20H,19,21H2,1H3,(H,43,44);1-17,20,39H,18-19H2,(H,42,43)/b17-6+;16-5+. The minimum atomic E-state index is -4.38.